The van der Waals surface area contributed by atoms with Crippen LogP contribution in [0.1, 0.15) is 38.6 Å². The molecule has 0 saturated heterocycles. The van der Waals surface area contributed by atoms with Crippen molar-refractivity contribution in [2.24, 2.45) is 5.92 Å². The number of hydroxylamine groups is 2. The lowest BCUT2D eigenvalue weighted by atomic mass is 10.1. The quantitative estimate of drug-likeness (QED) is 0.544. The molecule has 2 aromatic carbocycles. The number of fused-ring (bicyclic) bond motifs is 2. The third-order valence-corrected chi connectivity index (χ3v) is 5.80. The maximum absolute atomic E-state index is 12.8. The standard InChI is InChI=1S/C21H13ClF3N3O4/c22-17-13-6-5-10(7-16(13)27(26-17)9-21(23,24)25)14-8-15(14)20(31)32-28-18(29)11-3-1-2-4-12(11)19(28)30/h1-7,14-15H,8-9H2/t14?,15-/m0/s1. The molecular weight excluding hydrogens is 451 g/mol. The van der Waals surface area contributed by atoms with Crippen molar-refractivity contribution < 1.29 is 32.4 Å². The summed E-state index contributed by atoms with van der Waals surface area (Å²) in [5, 5.41) is 4.51. The topological polar surface area (TPSA) is 81.5 Å². The van der Waals surface area contributed by atoms with E-state index in [0.29, 0.717) is 22.4 Å². The molecule has 1 aromatic heterocycles. The number of hydrogen-bond donors (Lipinski definition) is 0. The van der Waals surface area contributed by atoms with E-state index in [1.807, 2.05) is 0 Å². The van der Waals surface area contributed by atoms with Crippen LogP contribution in [0.2, 0.25) is 5.15 Å². The molecule has 1 saturated carbocycles. The molecule has 0 spiro atoms. The second-order valence-electron chi connectivity index (χ2n) is 7.65. The maximum atomic E-state index is 12.8. The first-order valence-corrected chi connectivity index (χ1v) is 9.94. The van der Waals surface area contributed by atoms with Crippen molar-refractivity contribution in [2.75, 3.05) is 0 Å². The molecule has 11 heteroatoms. The van der Waals surface area contributed by atoms with E-state index in [9.17, 15) is 27.6 Å². The minimum atomic E-state index is -4.48. The largest absolute Gasteiger partial charge is 0.408 e. The molecule has 2 aliphatic rings. The molecule has 1 aliphatic carbocycles. The molecule has 1 fully saturated rings. The van der Waals surface area contributed by atoms with Gasteiger partial charge < -0.3 is 4.84 Å². The number of rotatable bonds is 4. The first-order chi connectivity index (χ1) is 15.1. The van der Waals surface area contributed by atoms with Gasteiger partial charge in [0.15, 0.2) is 5.15 Å². The van der Waals surface area contributed by atoms with E-state index in [0.717, 1.165) is 4.68 Å². The van der Waals surface area contributed by atoms with Gasteiger partial charge in [-0.2, -0.15) is 18.3 Å². The molecule has 0 N–H and O–H groups in total. The van der Waals surface area contributed by atoms with Gasteiger partial charge in [-0.15, -0.1) is 0 Å². The number of aromatic nitrogens is 2. The second-order valence-corrected chi connectivity index (χ2v) is 8.01. The van der Waals surface area contributed by atoms with Crippen molar-refractivity contribution >= 4 is 40.3 Å². The number of carbonyl (C=O) groups excluding carboxylic acids is 3. The zero-order valence-electron chi connectivity index (χ0n) is 16.1. The van der Waals surface area contributed by atoms with E-state index in [1.54, 1.807) is 24.3 Å². The van der Waals surface area contributed by atoms with Crippen LogP contribution in [0.4, 0.5) is 13.2 Å². The summed E-state index contributed by atoms with van der Waals surface area (Å²) in [5.41, 5.74) is 1.11. The van der Waals surface area contributed by atoms with Gasteiger partial charge in [0.25, 0.3) is 11.8 Å². The highest BCUT2D eigenvalue weighted by Gasteiger charge is 2.48. The van der Waals surface area contributed by atoms with Crippen LogP contribution in [0.5, 0.6) is 0 Å². The van der Waals surface area contributed by atoms with Gasteiger partial charge >= 0.3 is 12.1 Å². The lowest BCUT2D eigenvalue weighted by Gasteiger charge is -2.12. The molecular formula is C21H13ClF3N3O4. The number of amides is 2. The summed E-state index contributed by atoms with van der Waals surface area (Å²) in [5.74, 6) is -3.15. The molecule has 2 atom stereocenters. The van der Waals surface area contributed by atoms with Crippen LogP contribution >= 0.6 is 11.6 Å². The zero-order chi connectivity index (χ0) is 22.8. The molecule has 1 unspecified atom stereocenters. The Morgan fingerprint density at radius 3 is 2.41 bits per heavy atom. The average molecular weight is 464 g/mol. The van der Waals surface area contributed by atoms with Gasteiger partial charge in [-0.3, -0.25) is 14.3 Å². The Labute approximate surface area is 183 Å². The van der Waals surface area contributed by atoms with E-state index in [2.05, 4.69) is 5.10 Å². The van der Waals surface area contributed by atoms with Gasteiger partial charge in [-0.1, -0.05) is 34.9 Å². The van der Waals surface area contributed by atoms with E-state index < -0.39 is 36.4 Å². The van der Waals surface area contributed by atoms with Crippen LogP contribution in [-0.4, -0.2) is 38.8 Å². The molecule has 2 heterocycles. The summed E-state index contributed by atoms with van der Waals surface area (Å²) >= 11 is 5.95. The van der Waals surface area contributed by atoms with Crippen LogP contribution in [0.25, 0.3) is 10.9 Å². The highest BCUT2D eigenvalue weighted by Crippen LogP contribution is 2.49. The Morgan fingerprint density at radius 1 is 1.12 bits per heavy atom. The second kappa shape index (κ2) is 7.06. The van der Waals surface area contributed by atoms with Gasteiger partial charge in [0.05, 0.1) is 22.6 Å². The number of carbonyl (C=O) groups is 3. The summed E-state index contributed by atoms with van der Waals surface area (Å²) in [6.45, 7) is -1.30. The van der Waals surface area contributed by atoms with Crippen molar-refractivity contribution in [1.29, 1.82) is 0 Å². The first kappa shape index (κ1) is 20.5. The van der Waals surface area contributed by atoms with E-state index >= 15 is 0 Å². The number of halogens is 4. The summed E-state index contributed by atoms with van der Waals surface area (Å²) < 4.78 is 39.3. The molecule has 0 radical (unpaired) electrons. The molecule has 32 heavy (non-hydrogen) atoms. The van der Waals surface area contributed by atoms with Crippen LogP contribution in [0, 0.1) is 5.92 Å². The Hall–Kier alpha value is -3.40. The summed E-state index contributed by atoms with van der Waals surface area (Å²) in [7, 11) is 0. The predicted octanol–water partition coefficient (Wildman–Crippen LogP) is 4.11. The van der Waals surface area contributed by atoms with Crippen molar-refractivity contribution in [3.8, 4) is 0 Å². The van der Waals surface area contributed by atoms with Gasteiger partial charge in [0.1, 0.15) is 6.54 Å². The number of alkyl halides is 3. The number of nitrogens with zero attached hydrogens (tertiary/aromatic N) is 3. The number of imide groups is 1. The summed E-state index contributed by atoms with van der Waals surface area (Å²) in [4.78, 5) is 42.3. The minimum Gasteiger partial charge on any atom is -0.329 e. The van der Waals surface area contributed by atoms with Gasteiger partial charge in [-0.05, 0) is 42.2 Å². The maximum Gasteiger partial charge on any atom is 0.408 e. The lowest BCUT2D eigenvalue weighted by molar-refractivity contribution is -0.170. The van der Waals surface area contributed by atoms with Gasteiger partial charge in [-0.25, -0.2) is 4.79 Å². The summed E-state index contributed by atoms with van der Waals surface area (Å²) in [6.07, 6.45) is -4.11. The zero-order valence-corrected chi connectivity index (χ0v) is 16.9. The number of hydrogen-bond acceptors (Lipinski definition) is 5. The smallest absolute Gasteiger partial charge is 0.329 e. The minimum absolute atomic E-state index is 0.0480. The Bertz CT molecular complexity index is 1270. The van der Waals surface area contributed by atoms with Gasteiger partial charge in [0, 0.05) is 5.39 Å². The third kappa shape index (κ3) is 3.40. The van der Waals surface area contributed by atoms with Crippen molar-refractivity contribution in [1.82, 2.24) is 14.8 Å². The van der Waals surface area contributed by atoms with E-state index in [-0.39, 0.29) is 27.7 Å². The fourth-order valence-corrected chi connectivity index (χ4v) is 4.15. The average Bonchev–Trinajstić information content (AvgIpc) is 3.45. The Morgan fingerprint density at radius 2 is 1.78 bits per heavy atom. The van der Waals surface area contributed by atoms with E-state index in [4.69, 9.17) is 16.4 Å². The Kier molecular flexibility index (Phi) is 4.52. The fraction of sp³-hybridized carbons (Fsp3) is 0.238. The molecule has 1 aliphatic heterocycles. The molecule has 5 rings (SSSR count). The van der Waals surface area contributed by atoms with Crippen molar-refractivity contribution in [3.05, 3.63) is 64.3 Å². The molecule has 0 bridgehead atoms. The van der Waals surface area contributed by atoms with Crippen LogP contribution in [-0.2, 0) is 16.2 Å². The number of benzene rings is 2. The lowest BCUT2D eigenvalue weighted by Crippen LogP contribution is -2.33. The normalized spacial score (nSPS) is 20.1. The highest BCUT2D eigenvalue weighted by molar-refractivity contribution is 6.34. The third-order valence-electron chi connectivity index (χ3n) is 5.52. The van der Waals surface area contributed by atoms with Crippen LogP contribution in [0.3, 0.4) is 0 Å². The van der Waals surface area contributed by atoms with Crippen LogP contribution < -0.4 is 0 Å². The Balaban J connectivity index is 1.33. The van der Waals surface area contributed by atoms with E-state index in [1.165, 1.54) is 18.2 Å². The van der Waals surface area contributed by atoms with Crippen LogP contribution in [0.15, 0.2) is 42.5 Å². The van der Waals surface area contributed by atoms with Gasteiger partial charge in [0.2, 0.25) is 0 Å². The fourth-order valence-electron chi connectivity index (χ4n) is 3.90. The molecule has 7 nitrogen and oxygen atoms in total. The monoisotopic (exact) mass is 463 g/mol. The predicted molar refractivity (Wildman–Crippen MR) is 105 cm³/mol. The molecule has 164 valence electrons. The first-order valence-electron chi connectivity index (χ1n) is 9.56. The summed E-state index contributed by atoms with van der Waals surface area (Å²) in [6, 6.07) is 10.9. The molecule has 2 amide bonds. The van der Waals surface area contributed by atoms with Crippen molar-refractivity contribution in [2.45, 2.75) is 25.1 Å². The molecule has 3 aromatic rings. The SMILES string of the molecule is O=C(ON1C(=O)c2ccccc2C1=O)[C@H]1CC1c1ccc2c(Cl)nn(CC(F)(F)F)c2c1. The highest BCUT2D eigenvalue weighted by atomic mass is 35.5. The van der Waals surface area contributed by atoms with Crippen molar-refractivity contribution in [3.63, 3.8) is 0 Å².